The molecule has 0 nitrogen and oxygen atoms in total. The van der Waals surface area contributed by atoms with Crippen LogP contribution in [0.25, 0.3) is 0 Å². The highest BCUT2D eigenvalue weighted by molar-refractivity contribution is 4.80. The average molecular weight is 264 g/mol. The molecular formula is C19H36. The summed E-state index contributed by atoms with van der Waals surface area (Å²) in [5.41, 5.74) is 0. The molecule has 0 saturated heterocycles. The van der Waals surface area contributed by atoms with E-state index in [0.717, 1.165) is 35.5 Å². The van der Waals surface area contributed by atoms with E-state index in [1.54, 1.807) is 6.42 Å². The van der Waals surface area contributed by atoms with Crippen LogP contribution in [-0.2, 0) is 0 Å². The molecule has 0 aromatic rings. The van der Waals surface area contributed by atoms with Gasteiger partial charge >= 0.3 is 0 Å². The molecule has 2 aliphatic carbocycles. The number of rotatable bonds is 4. The highest BCUT2D eigenvalue weighted by atomic mass is 14.3. The van der Waals surface area contributed by atoms with Crippen molar-refractivity contribution < 1.29 is 0 Å². The molecule has 0 aliphatic heterocycles. The molecule has 0 N–H and O–H groups in total. The minimum atomic E-state index is 0.919. The Balaban J connectivity index is 1.67. The first kappa shape index (κ1) is 15.4. The fraction of sp³-hybridized carbons (Fsp3) is 1.00. The summed E-state index contributed by atoms with van der Waals surface area (Å²) >= 11 is 0. The Hall–Kier alpha value is 0. The van der Waals surface area contributed by atoms with Crippen molar-refractivity contribution in [2.75, 3.05) is 0 Å². The number of hydrogen-bond acceptors (Lipinski definition) is 0. The van der Waals surface area contributed by atoms with Gasteiger partial charge in [0.25, 0.3) is 0 Å². The third-order valence-corrected chi connectivity index (χ3v) is 6.34. The van der Waals surface area contributed by atoms with Crippen LogP contribution in [0, 0.1) is 35.5 Å². The van der Waals surface area contributed by atoms with E-state index in [1.165, 1.54) is 51.4 Å². The van der Waals surface area contributed by atoms with E-state index in [1.807, 2.05) is 0 Å². The van der Waals surface area contributed by atoms with Crippen LogP contribution in [0.15, 0.2) is 0 Å². The summed E-state index contributed by atoms with van der Waals surface area (Å²) in [5, 5.41) is 0. The molecule has 19 heavy (non-hydrogen) atoms. The normalized spacial score (nSPS) is 36.9. The first-order valence-electron chi connectivity index (χ1n) is 9.06. The molecule has 0 spiro atoms. The highest BCUT2D eigenvalue weighted by Gasteiger charge is 2.28. The monoisotopic (exact) mass is 264 g/mol. The minimum absolute atomic E-state index is 0.919. The predicted octanol–water partition coefficient (Wildman–Crippen LogP) is 6.30. The van der Waals surface area contributed by atoms with Crippen molar-refractivity contribution in [1.82, 2.24) is 0 Å². The molecule has 0 heterocycles. The molecule has 0 unspecified atom stereocenters. The largest absolute Gasteiger partial charge is 0.0625 e. The van der Waals surface area contributed by atoms with Gasteiger partial charge in [-0.25, -0.2) is 0 Å². The minimum Gasteiger partial charge on any atom is -0.0625 e. The molecule has 0 atom stereocenters. The van der Waals surface area contributed by atoms with Gasteiger partial charge < -0.3 is 0 Å². The molecule has 0 heteroatoms. The second-order valence-corrected chi connectivity index (χ2v) is 8.29. The molecule has 0 radical (unpaired) electrons. The molecular weight excluding hydrogens is 228 g/mol. The van der Waals surface area contributed by atoms with Gasteiger partial charge in [0.05, 0.1) is 0 Å². The molecule has 2 aliphatic rings. The highest BCUT2D eigenvalue weighted by Crippen LogP contribution is 2.41. The lowest BCUT2D eigenvalue weighted by Gasteiger charge is -2.36. The third kappa shape index (κ3) is 4.50. The van der Waals surface area contributed by atoms with Crippen molar-refractivity contribution in [3.8, 4) is 0 Å². The van der Waals surface area contributed by atoms with Crippen molar-refractivity contribution >= 4 is 0 Å². The Kier molecular flexibility index (Phi) is 5.78. The molecule has 112 valence electrons. The van der Waals surface area contributed by atoms with Gasteiger partial charge in [0.2, 0.25) is 0 Å². The Bertz CT molecular complexity index is 211. The van der Waals surface area contributed by atoms with Crippen LogP contribution in [-0.4, -0.2) is 0 Å². The first-order chi connectivity index (χ1) is 9.06. The quantitative estimate of drug-likeness (QED) is 0.559. The van der Waals surface area contributed by atoms with Crippen LogP contribution >= 0.6 is 0 Å². The molecule has 0 bridgehead atoms. The Morgan fingerprint density at radius 1 is 0.579 bits per heavy atom. The van der Waals surface area contributed by atoms with E-state index < -0.39 is 0 Å². The second-order valence-electron chi connectivity index (χ2n) is 8.29. The standard InChI is InChI=1S/C19H36/c1-14(2)18-9-5-16(6-10-18)13-17-7-11-19(12-8-17)15(3)4/h14-19H,5-13H2,1-4H3. The van der Waals surface area contributed by atoms with Crippen LogP contribution in [0.2, 0.25) is 0 Å². The SMILES string of the molecule is CC(C)C1CCC(CC2CCC(C(C)C)CC2)CC1. The van der Waals surface area contributed by atoms with Crippen LogP contribution in [0.1, 0.15) is 85.5 Å². The molecule has 0 aromatic heterocycles. The Morgan fingerprint density at radius 2 is 0.895 bits per heavy atom. The molecule has 0 amide bonds. The van der Waals surface area contributed by atoms with Gasteiger partial charge in [-0.15, -0.1) is 0 Å². The van der Waals surface area contributed by atoms with Gasteiger partial charge in [-0.3, -0.25) is 0 Å². The summed E-state index contributed by atoms with van der Waals surface area (Å²) in [6, 6.07) is 0. The second kappa shape index (κ2) is 7.14. The van der Waals surface area contributed by atoms with E-state index in [0.29, 0.717) is 0 Å². The van der Waals surface area contributed by atoms with Crippen molar-refractivity contribution in [2.24, 2.45) is 35.5 Å². The Morgan fingerprint density at radius 3 is 1.16 bits per heavy atom. The zero-order valence-electron chi connectivity index (χ0n) is 13.8. The summed E-state index contributed by atoms with van der Waals surface area (Å²) in [6.45, 7) is 9.66. The van der Waals surface area contributed by atoms with E-state index in [-0.39, 0.29) is 0 Å². The molecule has 2 rings (SSSR count). The van der Waals surface area contributed by atoms with Gasteiger partial charge in [-0.2, -0.15) is 0 Å². The van der Waals surface area contributed by atoms with Crippen LogP contribution in [0.3, 0.4) is 0 Å². The average Bonchev–Trinajstić information content (AvgIpc) is 2.40. The zero-order valence-corrected chi connectivity index (χ0v) is 13.8. The Labute approximate surface area is 121 Å². The van der Waals surface area contributed by atoms with Gasteiger partial charge in [0.1, 0.15) is 0 Å². The van der Waals surface area contributed by atoms with Crippen molar-refractivity contribution in [3.05, 3.63) is 0 Å². The van der Waals surface area contributed by atoms with Gasteiger partial charge in [-0.05, 0) is 67.6 Å². The lowest BCUT2D eigenvalue weighted by atomic mass is 9.70. The maximum Gasteiger partial charge on any atom is -0.0391 e. The van der Waals surface area contributed by atoms with E-state index >= 15 is 0 Å². The van der Waals surface area contributed by atoms with Crippen molar-refractivity contribution in [3.63, 3.8) is 0 Å². The summed E-state index contributed by atoms with van der Waals surface area (Å²) in [4.78, 5) is 0. The van der Waals surface area contributed by atoms with Crippen LogP contribution in [0.4, 0.5) is 0 Å². The predicted molar refractivity (Wildman–Crippen MR) is 85.2 cm³/mol. The topological polar surface area (TPSA) is 0 Å². The third-order valence-electron chi connectivity index (χ3n) is 6.34. The van der Waals surface area contributed by atoms with Gasteiger partial charge in [0.15, 0.2) is 0 Å². The number of hydrogen-bond donors (Lipinski definition) is 0. The summed E-state index contributed by atoms with van der Waals surface area (Å²) in [7, 11) is 0. The summed E-state index contributed by atoms with van der Waals surface area (Å²) in [6.07, 6.45) is 13.8. The van der Waals surface area contributed by atoms with Crippen LogP contribution in [0.5, 0.6) is 0 Å². The first-order valence-corrected chi connectivity index (χ1v) is 9.06. The molecule has 0 aromatic carbocycles. The smallest absolute Gasteiger partial charge is 0.0391 e. The van der Waals surface area contributed by atoms with Gasteiger partial charge in [0, 0.05) is 0 Å². The molecule has 2 fully saturated rings. The lowest BCUT2D eigenvalue weighted by molar-refractivity contribution is 0.161. The van der Waals surface area contributed by atoms with Crippen molar-refractivity contribution in [2.45, 2.75) is 85.5 Å². The van der Waals surface area contributed by atoms with Crippen LogP contribution < -0.4 is 0 Å². The van der Waals surface area contributed by atoms with E-state index in [9.17, 15) is 0 Å². The fourth-order valence-electron chi connectivity index (χ4n) is 4.65. The maximum absolute atomic E-state index is 2.41. The van der Waals surface area contributed by atoms with E-state index in [4.69, 9.17) is 0 Å². The lowest BCUT2D eigenvalue weighted by Crippen LogP contribution is -2.23. The summed E-state index contributed by atoms with van der Waals surface area (Å²) < 4.78 is 0. The summed E-state index contributed by atoms with van der Waals surface area (Å²) in [5.74, 6) is 6.07. The van der Waals surface area contributed by atoms with E-state index in [2.05, 4.69) is 27.7 Å². The van der Waals surface area contributed by atoms with Crippen molar-refractivity contribution in [1.29, 1.82) is 0 Å². The fourth-order valence-corrected chi connectivity index (χ4v) is 4.65. The van der Waals surface area contributed by atoms with Gasteiger partial charge in [-0.1, -0.05) is 53.4 Å². The zero-order chi connectivity index (χ0) is 13.8. The molecule has 2 saturated carbocycles. The maximum atomic E-state index is 2.41.